The zero-order valence-electron chi connectivity index (χ0n) is 14.8. The summed E-state index contributed by atoms with van der Waals surface area (Å²) < 4.78 is 34.9. The maximum atomic E-state index is 12.6. The minimum Gasteiger partial charge on any atom is -0.434 e. The molecule has 0 bridgehead atoms. The van der Waals surface area contributed by atoms with Gasteiger partial charge in [0, 0.05) is 11.1 Å². The molecule has 0 fully saturated rings. The van der Waals surface area contributed by atoms with Gasteiger partial charge >= 0.3 is 6.61 Å². The lowest BCUT2D eigenvalue weighted by Crippen LogP contribution is -2.22. The number of benzene rings is 2. The molecule has 0 saturated carbocycles. The minimum absolute atomic E-state index is 0.00253. The molecule has 0 N–H and O–H groups in total. The second-order valence-corrected chi connectivity index (χ2v) is 6.47. The van der Waals surface area contributed by atoms with Crippen molar-refractivity contribution in [2.75, 3.05) is 7.05 Å². The largest absolute Gasteiger partial charge is 0.434 e. The van der Waals surface area contributed by atoms with Crippen molar-refractivity contribution in [2.24, 2.45) is 0 Å². The molecular weight excluding hydrogens is 376 g/mol. The monoisotopic (exact) mass is 393 g/mol. The Morgan fingerprint density at radius 1 is 1.15 bits per heavy atom. The average molecular weight is 394 g/mol. The summed E-state index contributed by atoms with van der Waals surface area (Å²) in [5.41, 5.74) is 1.44. The van der Waals surface area contributed by atoms with Crippen molar-refractivity contribution in [3.05, 3.63) is 65.0 Å². The van der Waals surface area contributed by atoms with Gasteiger partial charge in [-0.2, -0.15) is 13.8 Å². The normalized spacial score (nSPS) is 12.6. The first-order chi connectivity index (χ1) is 12.9. The van der Waals surface area contributed by atoms with Crippen molar-refractivity contribution >= 4 is 11.6 Å². The van der Waals surface area contributed by atoms with E-state index in [1.54, 1.807) is 18.2 Å². The van der Waals surface area contributed by atoms with Gasteiger partial charge in [0.05, 0.1) is 12.1 Å². The van der Waals surface area contributed by atoms with Crippen molar-refractivity contribution in [3.8, 4) is 17.1 Å². The average Bonchev–Trinajstić information content (AvgIpc) is 3.10. The highest BCUT2D eigenvalue weighted by molar-refractivity contribution is 6.30. The Morgan fingerprint density at radius 3 is 2.56 bits per heavy atom. The van der Waals surface area contributed by atoms with E-state index in [9.17, 15) is 8.78 Å². The molecule has 1 aromatic heterocycles. The van der Waals surface area contributed by atoms with E-state index in [2.05, 4.69) is 14.9 Å². The standard InChI is InChI=1S/C19H18ClF2N3O2/c1-12(13-7-9-14(20)10-8-13)25(2)11-17-23-18(24-27-17)15-5-3-4-6-16(15)26-19(21)22/h3-10,12,19H,11H2,1-2H3. The Balaban J connectivity index is 1.73. The van der Waals surface area contributed by atoms with Crippen molar-refractivity contribution in [1.82, 2.24) is 15.0 Å². The zero-order chi connectivity index (χ0) is 19.4. The second kappa shape index (κ2) is 8.45. The Hall–Kier alpha value is -2.51. The smallest absolute Gasteiger partial charge is 0.387 e. The molecule has 0 aliphatic carbocycles. The van der Waals surface area contributed by atoms with Crippen LogP contribution in [0, 0.1) is 0 Å². The van der Waals surface area contributed by atoms with Crippen LogP contribution in [-0.4, -0.2) is 28.7 Å². The van der Waals surface area contributed by atoms with Crippen LogP contribution in [0.25, 0.3) is 11.4 Å². The maximum Gasteiger partial charge on any atom is 0.387 e. The van der Waals surface area contributed by atoms with E-state index in [4.69, 9.17) is 16.1 Å². The summed E-state index contributed by atoms with van der Waals surface area (Å²) in [4.78, 5) is 6.34. The fourth-order valence-corrected chi connectivity index (χ4v) is 2.75. The molecule has 3 rings (SSSR count). The predicted octanol–water partition coefficient (Wildman–Crippen LogP) is 5.18. The molecule has 27 heavy (non-hydrogen) atoms. The van der Waals surface area contributed by atoms with Crippen LogP contribution in [0.1, 0.15) is 24.4 Å². The first-order valence-corrected chi connectivity index (χ1v) is 8.64. The number of hydrogen-bond acceptors (Lipinski definition) is 5. The Labute approximate surface area is 160 Å². The van der Waals surface area contributed by atoms with Crippen LogP contribution >= 0.6 is 11.6 Å². The summed E-state index contributed by atoms with van der Waals surface area (Å²) in [5, 5.41) is 4.58. The molecule has 1 heterocycles. The lowest BCUT2D eigenvalue weighted by atomic mass is 10.1. The van der Waals surface area contributed by atoms with E-state index in [1.807, 2.05) is 43.1 Å². The highest BCUT2D eigenvalue weighted by Crippen LogP contribution is 2.29. The lowest BCUT2D eigenvalue weighted by molar-refractivity contribution is -0.0494. The highest BCUT2D eigenvalue weighted by atomic mass is 35.5. The number of nitrogens with zero attached hydrogens (tertiary/aromatic N) is 3. The first kappa shape index (κ1) is 19.3. The van der Waals surface area contributed by atoms with Crippen LogP contribution in [0.15, 0.2) is 53.1 Å². The summed E-state index contributed by atoms with van der Waals surface area (Å²) in [6.07, 6.45) is 0. The van der Waals surface area contributed by atoms with Crippen molar-refractivity contribution in [3.63, 3.8) is 0 Å². The topological polar surface area (TPSA) is 51.4 Å². The van der Waals surface area contributed by atoms with E-state index in [-0.39, 0.29) is 17.6 Å². The molecule has 0 amide bonds. The third-order valence-electron chi connectivity index (χ3n) is 4.21. The molecule has 1 unspecified atom stereocenters. The molecule has 0 radical (unpaired) electrons. The van der Waals surface area contributed by atoms with E-state index in [0.717, 1.165) is 5.56 Å². The van der Waals surface area contributed by atoms with Gasteiger partial charge in [-0.15, -0.1) is 0 Å². The number of hydrogen-bond donors (Lipinski definition) is 0. The number of rotatable bonds is 7. The molecule has 1 atom stereocenters. The van der Waals surface area contributed by atoms with Crippen LogP contribution in [0.2, 0.25) is 5.02 Å². The van der Waals surface area contributed by atoms with Gasteiger partial charge in [-0.25, -0.2) is 0 Å². The Morgan fingerprint density at radius 2 is 1.85 bits per heavy atom. The molecule has 0 saturated heterocycles. The Kier molecular flexibility index (Phi) is 6.03. The molecule has 0 spiro atoms. The lowest BCUT2D eigenvalue weighted by Gasteiger charge is -2.23. The van der Waals surface area contributed by atoms with Crippen LogP contribution < -0.4 is 4.74 Å². The second-order valence-electron chi connectivity index (χ2n) is 6.03. The van der Waals surface area contributed by atoms with Gasteiger partial charge in [0.1, 0.15) is 5.75 Å². The van der Waals surface area contributed by atoms with Crippen LogP contribution in [0.3, 0.4) is 0 Å². The van der Waals surface area contributed by atoms with Crippen molar-refractivity contribution < 1.29 is 18.0 Å². The van der Waals surface area contributed by atoms with Crippen molar-refractivity contribution in [1.29, 1.82) is 0 Å². The summed E-state index contributed by atoms with van der Waals surface area (Å²) in [6, 6.07) is 14.0. The number of halogens is 3. The number of aromatic nitrogens is 2. The van der Waals surface area contributed by atoms with E-state index in [0.29, 0.717) is 23.0 Å². The summed E-state index contributed by atoms with van der Waals surface area (Å²) in [7, 11) is 1.93. The molecule has 0 aliphatic rings. The molecular formula is C19H18ClF2N3O2. The fraction of sp³-hybridized carbons (Fsp3) is 0.263. The van der Waals surface area contributed by atoms with Gasteiger partial charge in [0.25, 0.3) is 0 Å². The third kappa shape index (κ3) is 4.81. The van der Waals surface area contributed by atoms with Gasteiger partial charge in [-0.05, 0) is 43.8 Å². The first-order valence-electron chi connectivity index (χ1n) is 8.26. The maximum absolute atomic E-state index is 12.6. The SMILES string of the molecule is CC(c1ccc(Cl)cc1)N(C)Cc1nc(-c2ccccc2OC(F)F)no1. The van der Waals surface area contributed by atoms with Gasteiger partial charge in [-0.3, -0.25) is 4.90 Å². The molecule has 3 aromatic rings. The molecule has 142 valence electrons. The molecule has 5 nitrogen and oxygen atoms in total. The number of alkyl halides is 2. The predicted molar refractivity (Wildman–Crippen MR) is 97.7 cm³/mol. The van der Waals surface area contributed by atoms with Crippen LogP contribution in [0.4, 0.5) is 8.78 Å². The highest BCUT2D eigenvalue weighted by Gasteiger charge is 2.18. The zero-order valence-corrected chi connectivity index (χ0v) is 15.5. The third-order valence-corrected chi connectivity index (χ3v) is 4.46. The Bertz CT molecular complexity index is 887. The summed E-state index contributed by atoms with van der Waals surface area (Å²) in [6.45, 7) is -0.482. The van der Waals surface area contributed by atoms with Gasteiger partial charge in [-0.1, -0.05) is 41.0 Å². The number of ether oxygens (including phenoxy) is 1. The summed E-state index contributed by atoms with van der Waals surface area (Å²) in [5.74, 6) is 0.580. The summed E-state index contributed by atoms with van der Waals surface area (Å²) >= 11 is 5.93. The van der Waals surface area contributed by atoms with Gasteiger partial charge in [0.15, 0.2) is 0 Å². The van der Waals surface area contributed by atoms with Gasteiger partial charge < -0.3 is 9.26 Å². The van der Waals surface area contributed by atoms with Crippen LogP contribution in [0.5, 0.6) is 5.75 Å². The van der Waals surface area contributed by atoms with E-state index in [1.165, 1.54) is 6.07 Å². The molecule has 0 aliphatic heterocycles. The van der Waals surface area contributed by atoms with E-state index >= 15 is 0 Å². The van der Waals surface area contributed by atoms with Crippen molar-refractivity contribution in [2.45, 2.75) is 26.1 Å². The van der Waals surface area contributed by atoms with Crippen LogP contribution in [-0.2, 0) is 6.54 Å². The quantitative estimate of drug-likeness (QED) is 0.553. The molecule has 8 heteroatoms. The minimum atomic E-state index is -2.93. The van der Waals surface area contributed by atoms with E-state index < -0.39 is 6.61 Å². The van der Waals surface area contributed by atoms with Gasteiger partial charge in [0.2, 0.25) is 11.7 Å². The molecule has 2 aromatic carbocycles. The fourth-order valence-electron chi connectivity index (χ4n) is 2.62. The number of para-hydroxylation sites is 1.